The number of carbonyl (C=O) groups is 1. The molecule has 0 bridgehead atoms. The summed E-state index contributed by atoms with van der Waals surface area (Å²) in [6.45, 7) is 0. The SMILES string of the molecule is O=Cc1cc([N+](=O)[O-])c(C(F)F)c(=O)[nH]1. The van der Waals surface area contributed by atoms with Crippen molar-refractivity contribution in [1.82, 2.24) is 4.98 Å². The van der Waals surface area contributed by atoms with Crippen LogP contribution < -0.4 is 5.56 Å². The maximum Gasteiger partial charge on any atom is 0.286 e. The normalized spacial score (nSPS) is 10.3. The van der Waals surface area contributed by atoms with E-state index in [2.05, 4.69) is 0 Å². The van der Waals surface area contributed by atoms with Crippen molar-refractivity contribution in [3.63, 3.8) is 0 Å². The summed E-state index contributed by atoms with van der Waals surface area (Å²) in [5.74, 6) is 0. The summed E-state index contributed by atoms with van der Waals surface area (Å²) >= 11 is 0. The molecule has 15 heavy (non-hydrogen) atoms. The molecule has 0 aromatic carbocycles. The minimum absolute atomic E-state index is 0.129. The molecule has 8 heteroatoms. The summed E-state index contributed by atoms with van der Waals surface area (Å²) in [7, 11) is 0. The first-order valence-electron chi connectivity index (χ1n) is 3.62. The highest BCUT2D eigenvalue weighted by Gasteiger charge is 2.26. The van der Waals surface area contributed by atoms with Crippen LogP contribution in [0.2, 0.25) is 0 Å². The Morgan fingerprint density at radius 2 is 2.13 bits per heavy atom. The largest absolute Gasteiger partial charge is 0.319 e. The average molecular weight is 218 g/mol. The van der Waals surface area contributed by atoms with Crippen molar-refractivity contribution in [3.05, 3.63) is 37.8 Å². The van der Waals surface area contributed by atoms with E-state index in [4.69, 9.17) is 0 Å². The first kappa shape index (κ1) is 11.0. The maximum absolute atomic E-state index is 12.3. The van der Waals surface area contributed by atoms with E-state index in [1.807, 2.05) is 0 Å². The van der Waals surface area contributed by atoms with Crippen LogP contribution in [0.3, 0.4) is 0 Å². The zero-order chi connectivity index (χ0) is 11.6. The van der Waals surface area contributed by atoms with E-state index in [-0.39, 0.29) is 6.29 Å². The number of rotatable bonds is 3. The molecule has 0 fully saturated rings. The number of aldehydes is 1. The summed E-state index contributed by atoms with van der Waals surface area (Å²) in [6, 6.07) is 0.593. The van der Waals surface area contributed by atoms with E-state index in [1.54, 1.807) is 4.98 Å². The topological polar surface area (TPSA) is 93.1 Å². The van der Waals surface area contributed by atoms with E-state index in [0.717, 1.165) is 0 Å². The van der Waals surface area contributed by atoms with E-state index >= 15 is 0 Å². The smallest absolute Gasteiger partial charge is 0.286 e. The lowest BCUT2D eigenvalue weighted by atomic mass is 10.2. The van der Waals surface area contributed by atoms with Crippen molar-refractivity contribution in [2.75, 3.05) is 0 Å². The Hall–Kier alpha value is -2.12. The molecule has 0 spiro atoms. The van der Waals surface area contributed by atoms with Gasteiger partial charge in [-0.15, -0.1) is 0 Å². The van der Waals surface area contributed by atoms with Crippen LogP contribution in [-0.4, -0.2) is 16.2 Å². The van der Waals surface area contributed by atoms with Crippen LogP contribution in [0.1, 0.15) is 22.5 Å². The Morgan fingerprint density at radius 1 is 1.53 bits per heavy atom. The number of alkyl halides is 2. The van der Waals surface area contributed by atoms with E-state index in [0.29, 0.717) is 6.07 Å². The minimum Gasteiger partial charge on any atom is -0.319 e. The van der Waals surface area contributed by atoms with Gasteiger partial charge in [0.1, 0.15) is 0 Å². The number of nitro groups is 1. The summed E-state index contributed by atoms with van der Waals surface area (Å²) in [6.07, 6.45) is -3.14. The van der Waals surface area contributed by atoms with Crippen LogP contribution in [-0.2, 0) is 0 Å². The number of nitrogens with zero attached hydrogens (tertiary/aromatic N) is 1. The lowest BCUT2D eigenvalue weighted by molar-refractivity contribution is -0.386. The fourth-order valence-electron chi connectivity index (χ4n) is 1.00. The van der Waals surface area contributed by atoms with Gasteiger partial charge in [0.2, 0.25) is 0 Å². The average Bonchev–Trinajstić information content (AvgIpc) is 2.15. The molecular formula is C7H4F2N2O4. The van der Waals surface area contributed by atoms with Crippen LogP contribution in [0.25, 0.3) is 0 Å². The highest BCUT2D eigenvalue weighted by Crippen LogP contribution is 2.25. The molecule has 0 aliphatic carbocycles. The van der Waals surface area contributed by atoms with Gasteiger partial charge in [-0.05, 0) is 0 Å². The molecule has 0 atom stereocenters. The molecule has 1 aromatic heterocycles. The number of pyridine rings is 1. The number of halogens is 2. The predicted molar refractivity (Wildman–Crippen MR) is 44.1 cm³/mol. The molecule has 0 amide bonds. The summed E-state index contributed by atoms with van der Waals surface area (Å²) < 4.78 is 24.5. The number of hydrogen-bond donors (Lipinski definition) is 1. The van der Waals surface area contributed by atoms with Gasteiger partial charge in [-0.3, -0.25) is 19.7 Å². The minimum atomic E-state index is -3.27. The molecule has 0 unspecified atom stereocenters. The molecule has 0 saturated heterocycles. The van der Waals surface area contributed by atoms with Gasteiger partial charge in [-0.25, -0.2) is 8.78 Å². The Morgan fingerprint density at radius 3 is 2.53 bits per heavy atom. The summed E-state index contributed by atoms with van der Waals surface area (Å²) in [5.41, 5.74) is -4.06. The number of nitrogens with one attached hydrogen (secondary N) is 1. The first-order chi connectivity index (χ1) is 6.97. The standard InChI is InChI=1S/C7H4F2N2O4/c8-6(9)5-4(11(14)15)1-3(2-12)10-7(5)13/h1-2,6H,(H,10,13). The van der Waals surface area contributed by atoms with Crippen LogP contribution in [0.4, 0.5) is 14.5 Å². The van der Waals surface area contributed by atoms with Gasteiger partial charge >= 0.3 is 0 Å². The van der Waals surface area contributed by atoms with Gasteiger partial charge in [0.15, 0.2) is 11.8 Å². The van der Waals surface area contributed by atoms with E-state index in [9.17, 15) is 28.5 Å². The molecule has 0 saturated carbocycles. The molecular weight excluding hydrogens is 214 g/mol. The zero-order valence-electron chi connectivity index (χ0n) is 7.07. The Bertz CT molecular complexity index is 469. The third-order valence-electron chi connectivity index (χ3n) is 1.61. The zero-order valence-corrected chi connectivity index (χ0v) is 7.07. The Kier molecular flexibility index (Phi) is 2.88. The highest BCUT2D eigenvalue weighted by atomic mass is 19.3. The molecule has 1 aromatic rings. The molecule has 80 valence electrons. The predicted octanol–water partition coefficient (Wildman–Crippen LogP) is 1.03. The van der Waals surface area contributed by atoms with E-state index in [1.165, 1.54) is 0 Å². The van der Waals surface area contributed by atoms with Crippen LogP contribution in [0.15, 0.2) is 10.9 Å². The van der Waals surface area contributed by atoms with Gasteiger partial charge in [0.25, 0.3) is 17.7 Å². The van der Waals surface area contributed by atoms with Crippen LogP contribution in [0.5, 0.6) is 0 Å². The second kappa shape index (κ2) is 3.95. The monoisotopic (exact) mass is 218 g/mol. The second-order valence-electron chi connectivity index (χ2n) is 2.53. The fraction of sp³-hybridized carbons (Fsp3) is 0.143. The molecule has 0 aliphatic rings. The fourth-order valence-corrected chi connectivity index (χ4v) is 1.00. The number of H-pyrrole nitrogens is 1. The molecule has 1 heterocycles. The van der Waals surface area contributed by atoms with Gasteiger partial charge in [-0.1, -0.05) is 0 Å². The van der Waals surface area contributed by atoms with Gasteiger partial charge in [-0.2, -0.15) is 0 Å². The number of carbonyl (C=O) groups excluding carboxylic acids is 1. The molecule has 0 radical (unpaired) electrons. The second-order valence-corrected chi connectivity index (χ2v) is 2.53. The quantitative estimate of drug-likeness (QED) is 0.465. The Labute approximate surface area is 80.7 Å². The summed E-state index contributed by atoms with van der Waals surface area (Å²) in [4.78, 5) is 32.2. The molecule has 0 aliphatic heterocycles. The molecule has 6 nitrogen and oxygen atoms in total. The first-order valence-corrected chi connectivity index (χ1v) is 3.62. The third-order valence-corrected chi connectivity index (χ3v) is 1.61. The number of aromatic nitrogens is 1. The van der Waals surface area contributed by atoms with Gasteiger partial charge in [0.05, 0.1) is 10.6 Å². The number of hydrogen-bond acceptors (Lipinski definition) is 4. The van der Waals surface area contributed by atoms with Crippen LogP contribution in [0, 0.1) is 10.1 Å². The van der Waals surface area contributed by atoms with Crippen molar-refractivity contribution in [2.45, 2.75) is 6.43 Å². The van der Waals surface area contributed by atoms with Crippen molar-refractivity contribution in [3.8, 4) is 0 Å². The van der Waals surface area contributed by atoms with Gasteiger partial charge in [0, 0.05) is 6.07 Å². The lowest BCUT2D eigenvalue weighted by Crippen LogP contribution is -2.17. The number of aromatic amines is 1. The van der Waals surface area contributed by atoms with Gasteiger partial charge < -0.3 is 4.98 Å². The summed E-state index contributed by atoms with van der Waals surface area (Å²) in [5, 5.41) is 10.4. The molecule has 1 N–H and O–H groups in total. The van der Waals surface area contributed by atoms with Crippen molar-refractivity contribution < 1.29 is 18.5 Å². The lowest BCUT2D eigenvalue weighted by Gasteiger charge is -2.00. The van der Waals surface area contributed by atoms with Crippen molar-refractivity contribution in [1.29, 1.82) is 0 Å². The maximum atomic E-state index is 12.3. The van der Waals surface area contributed by atoms with Crippen molar-refractivity contribution >= 4 is 12.0 Å². The molecule has 1 rings (SSSR count). The highest BCUT2D eigenvalue weighted by molar-refractivity contribution is 5.73. The third kappa shape index (κ3) is 2.03. The Balaban J connectivity index is 3.57. The van der Waals surface area contributed by atoms with Crippen molar-refractivity contribution in [2.24, 2.45) is 0 Å². The van der Waals surface area contributed by atoms with E-state index < -0.39 is 33.9 Å². The van der Waals surface area contributed by atoms with Crippen LogP contribution >= 0.6 is 0 Å².